The fourth-order valence-corrected chi connectivity index (χ4v) is 2.47. The van der Waals surface area contributed by atoms with Gasteiger partial charge >= 0.3 is 6.61 Å². The molecule has 0 atom stereocenters. The number of carbonyl (C=O) groups excluding carboxylic acids is 1. The number of ether oxygens (including phenoxy) is 2. The lowest BCUT2D eigenvalue weighted by Crippen LogP contribution is -2.12. The number of anilines is 1. The number of halogens is 2. The second kappa shape index (κ2) is 7.69. The van der Waals surface area contributed by atoms with Gasteiger partial charge in [0.05, 0.1) is 7.11 Å². The van der Waals surface area contributed by atoms with Crippen LogP contribution in [-0.2, 0) is 0 Å². The number of methoxy groups -OCH3 is 1. The molecule has 134 valence electrons. The van der Waals surface area contributed by atoms with Crippen molar-refractivity contribution in [2.24, 2.45) is 0 Å². The molecule has 0 unspecified atom stereocenters. The maximum Gasteiger partial charge on any atom is 0.387 e. The third kappa shape index (κ3) is 4.00. The largest absolute Gasteiger partial charge is 0.497 e. The highest BCUT2D eigenvalue weighted by molar-refractivity contribution is 6.03. The van der Waals surface area contributed by atoms with Crippen molar-refractivity contribution in [1.29, 1.82) is 0 Å². The Morgan fingerprint density at radius 3 is 2.50 bits per heavy atom. The first-order valence-corrected chi connectivity index (χ1v) is 7.75. The second-order valence-corrected chi connectivity index (χ2v) is 5.36. The Morgan fingerprint density at radius 2 is 1.88 bits per heavy atom. The molecule has 2 aromatic carbocycles. The van der Waals surface area contributed by atoms with E-state index in [4.69, 9.17) is 4.74 Å². The molecule has 0 radical (unpaired) electrons. The molecule has 7 heteroatoms. The van der Waals surface area contributed by atoms with E-state index in [2.05, 4.69) is 15.0 Å². The number of hydrogen-bond donors (Lipinski definition) is 2. The molecular weight excluding hydrogens is 342 g/mol. The van der Waals surface area contributed by atoms with E-state index in [1.54, 1.807) is 48.7 Å². The Balaban J connectivity index is 1.94. The van der Waals surface area contributed by atoms with Gasteiger partial charge < -0.3 is 19.8 Å². The minimum absolute atomic E-state index is 0.0167. The van der Waals surface area contributed by atoms with E-state index in [1.807, 2.05) is 0 Å². The van der Waals surface area contributed by atoms with Crippen molar-refractivity contribution in [1.82, 2.24) is 4.98 Å². The van der Waals surface area contributed by atoms with Crippen LogP contribution in [0.15, 0.2) is 60.8 Å². The van der Waals surface area contributed by atoms with Gasteiger partial charge in [-0.25, -0.2) is 0 Å². The third-order valence-corrected chi connectivity index (χ3v) is 3.70. The lowest BCUT2D eigenvalue weighted by Gasteiger charge is -2.14. The zero-order valence-electron chi connectivity index (χ0n) is 13.8. The van der Waals surface area contributed by atoms with Crippen LogP contribution in [0.4, 0.5) is 14.5 Å². The molecule has 26 heavy (non-hydrogen) atoms. The van der Waals surface area contributed by atoms with Crippen LogP contribution in [0.3, 0.4) is 0 Å². The first-order chi connectivity index (χ1) is 12.6. The maximum absolute atomic E-state index is 12.7. The molecule has 0 aliphatic heterocycles. The molecule has 5 nitrogen and oxygen atoms in total. The van der Waals surface area contributed by atoms with Gasteiger partial charge in [-0.3, -0.25) is 4.79 Å². The normalized spacial score (nSPS) is 10.6. The summed E-state index contributed by atoms with van der Waals surface area (Å²) in [5.74, 6) is 0.322. The predicted molar refractivity (Wildman–Crippen MR) is 93.8 cm³/mol. The van der Waals surface area contributed by atoms with E-state index in [-0.39, 0.29) is 11.7 Å². The molecular formula is C19H16F2N2O3. The van der Waals surface area contributed by atoms with E-state index < -0.39 is 6.61 Å². The van der Waals surface area contributed by atoms with Gasteiger partial charge in [-0.15, -0.1) is 0 Å². The van der Waals surface area contributed by atoms with Gasteiger partial charge in [0.15, 0.2) is 0 Å². The molecule has 1 amide bonds. The van der Waals surface area contributed by atoms with Crippen LogP contribution in [-0.4, -0.2) is 24.6 Å². The number of hydrogen-bond acceptors (Lipinski definition) is 3. The van der Waals surface area contributed by atoms with Crippen LogP contribution in [0.25, 0.3) is 11.1 Å². The monoisotopic (exact) mass is 358 g/mol. The highest BCUT2D eigenvalue weighted by atomic mass is 19.3. The van der Waals surface area contributed by atoms with Gasteiger partial charge in [0.25, 0.3) is 5.91 Å². The number of H-pyrrole nitrogens is 1. The fourth-order valence-electron chi connectivity index (χ4n) is 2.47. The summed E-state index contributed by atoms with van der Waals surface area (Å²) in [5, 5.41) is 2.72. The molecule has 2 N–H and O–H groups in total. The lowest BCUT2D eigenvalue weighted by atomic mass is 10.0. The molecule has 0 bridgehead atoms. The third-order valence-electron chi connectivity index (χ3n) is 3.70. The first-order valence-electron chi connectivity index (χ1n) is 7.75. The van der Waals surface area contributed by atoms with Crippen LogP contribution in [0, 0.1) is 0 Å². The van der Waals surface area contributed by atoms with E-state index in [1.165, 1.54) is 19.2 Å². The Morgan fingerprint density at radius 1 is 1.12 bits per heavy atom. The number of nitrogens with one attached hydrogen (secondary N) is 2. The summed E-state index contributed by atoms with van der Waals surface area (Å²) < 4.78 is 35.1. The summed E-state index contributed by atoms with van der Waals surface area (Å²) in [7, 11) is 1.54. The predicted octanol–water partition coefficient (Wildman–Crippen LogP) is 4.54. The summed E-state index contributed by atoms with van der Waals surface area (Å²) >= 11 is 0. The maximum atomic E-state index is 12.7. The number of carbonyl (C=O) groups is 1. The minimum atomic E-state index is -2.95. The number of alkyl halides is 2. The molecule has 0 aliphatic carbocycles. The minimum Gasteiger partial charge on any atom is -0.497 e. The summed E-state index contributed by atoms with van der Waals surface area (Å²) in [6.45, 7) is -2.95. The molecule has 1 aromatic heterocycles. The van der Waals surface area contributed by atoms with Gasteiger partial charge in [0.1, 0.15) is 17.2 Å². The molecule has 0 aliphatic rings. The lowest BCUT2D eigenvalue weighted by molar-refractivity contribution is -0.0494. The van der Waals surface area contributed by atoms with Gasteiger partial charge in [0.2, 0.25) is 0 Å². The van der Waals surface area contributed by atoms with Crippen molar-refractivity contribution in [3.8, 4) is 22.6 Å². The van der Waals surface area contributed by atoms with Gasteiger partial charge in [-0.1, -0.05) is 12.1 Å². The van der Waals surface area contributed by atoms with Crippen molar-refractivity contribution in [3.05, 3.63) is 66.5 Å². The highest BCUT2D eigenvalue weighted by Gasteiger charge is 2.14. The van der Waals surface area contributed by atoms with Gasteiger partial charge in [-0.05, 0) is 48.0 Å². The van der Waals surface area contributed by atoms with Crippen LogP contribution in [0.1, 0.15) is 10.5 Å². The first kappa shape index (κ1) is 17.5. The quantitative estimate of drug-likeness (QED) is 0.680. The Bertz CT molecular complexity index is 878. The standard InChI is InChI=1S/C19H16F2N2O3/c1-25-14-7-4-12(5-8-14)15-11-13(6-9-17(15)26-19(20)21)23-18(24)16-3-2-10-22-16/h2-11,19,22H,1H3,(H,23,24). The Kier molecular flexibility index (Phi) is 5.17. The summed E-state index contributed by atoms with van der Waals surface area (Å²) in [6.07, 6.45) is 1.64. The molecule has 0 saturated carbocycles. The van der Waals surface area contributed by atoms with Crippen LogP contribution < -0.4 is 14.8 Å². The molecule has 3 aromatic rings. The molecule has 1 heterocycles. The van der Waals surface area contributed by atoms with Crippen LogP contribution in [0.2, 0.25) is 0 Å². The Labute approximate surface area is 148 Å². The number of benzene rings is 2. The molecule has 0 saturated heterocycles. The van der Waals surface area contributed by atoms with Crippen LogP contribution in [0.5, 0.6) is 11.5 Å². The highest BCUT2D eigenvalue weighted by Crippen LogP contribution is 2.34. The molecule has 0 fully saturated rings. The summed E-state index contributed by atoms with van der Waals surface area (Å²) in [5.41, 5.74) is 1.93. The smallest absolute Gasteiger partial charge is 0.387 e. The number of amides is 1. The van der Waals surface area contributed by atoms with Crippen molar-refractivity contribution >= 4 is 11.6 Å². The fraction of sp³-hybridized carbons (Fsp3) is 0.105. The molecule has 0 spiro atoms. The van der Waals surface area contributed by atoms with E-state index in [9.17, 15) is 13.6 Å². The second-order valence-electron chi connectivity index (χ2n) is 5.36. The topological polar surface area (TPSA) is 63.3 Å². The zero-order valence-corrected chi connectivity index (χ0v) is 13.8. The Hall–Kier alpha value is -3.35. The van der Waals surface area contributed by atoms with Gasteiger partial charge in [-0.2, -0.15) is 8.78 Å². The average Bonchev–Trinajstić information content (AvgIpc) is 3.17. The van der Waals surface area contributed by atoms with Crippen LogP contribution >= 0.6 is 0 Å². The van der Waals surface area contributed by atoms with Crippen molar-refractivity contribution in [2.45, 2.75) is 6.61 Å². The van der Waals surface area contributed by atoms with Gasteiger partial charge in [0, 0.05) is 17.4 Å². The number of aromatic amines is 1. The van der Waals surface area contributed by atoms with E-state index in [0.29, 0.717) is 28.3 Å². The molecule has 3 rings (SSSR count). The van der Waals surface area contributed by atoms with E-state index >= 15 is 0 Å². The van der Waals surface area contributed by atoms with E-state index in [0.717, 1.165) is 0 Å². The number of rotatable bonds is 6. The van der Waals surface area contributed by atoms with Crippen molar-refractivity contribution in [2.75, 3.05) is 12.4 Å². The number of aromatic nitrogens is 1. The summed E-state index contributed by atoms with van der Waals surface area (Å²) in [4.78, 5) is 15.0. The van der Waals surface area contributed by atoms with Crippen molar-refractivity contribution in [3.63, 3.8) is 0 Å². The zero-order chi connectivity index (χ0) is 18.5. The SMILES string of the molecule is COc1ccc(-c2cc(NC(=O)c3ccc[nH]3)ccc2OC(F)F)cc1. The van der Waals surface area contributed by atoms with Crippen molar-refractivity contribution < 1.29 is 23.0 Å². The summed E-state index contributed by atoms with van der Waals surface area (Å²) in [6, 6.07) is 14.7. The average molecular weight is 358 g/mol.